The van der Waals surface area contributed by atoms with Gasteiger partial charge in [-0.05, 0) is 45.0 Å². The molecule has 183 valence electrons. The second-order valence-electron chi connectivity index (χ2n) is 5.27. The van der Waals surface area contributed by atoms with Crippen molar-refractivity contribution in [2.24, 2.45) is 0 Å². The summed E-state index contributed by atoms with van der Waals surface area (Å²) in [5.74, 6) is 0. The summed E-state index contributed by atoms with van der Waals surface area (Å²) in [5, 5.41) is 66.1. The monoisotopic (exact) mass is 613 g/mol. The molecular formula is C15H19N8NdO10. The minimum absolute atomic E-state index is 0. The minimum Gasteiger partial charge on any atom is -0.397 e. The van der Waals surface area contributed by atoms with Gasteiger partial charge in [0.25, 0.3) is 0 Å². The summed E-state index contributed by atoms with van der Waals surface area (Å²) in [7, 11) is 0. The van der Waals surface area contributed by atoms with E-state index in [1.807, 2.05) is 44.2 Å². The molecule has 0 atom stereocenters. The SMILES string of the molecule is CCO.Cc1cc(-c2cccc(-c3cc(C)[nH]n3)n2)n[nH]1.O=[N+]([O-])[O-].O=[N+]([O-])[O-].O=[N+]([O-])[O-].[Nd+3]. The van der Waals surface area contributed by atoms with Crippen LogP contribution in [-0.2, 0) is 0 Å². The first-order valence-corrected chi connectivity index (χ1v) is 8.41. The van der Waals surface area contributed by atoms with Crippen molar-refractivity contribution in [3.05, 3.63) is 87.7 Å². The molecule has 34 heavy (non-hydrogen) atoms. The molecule has 0 aliphatic rings. The van der Waals surface area contributed by atoms with E-state index in [4.69, 9.17) is 51.1 Å². The first-order chi connectivity index (χ1) is 15.3. The molecule has 0 saturated heterocycles. The van der Waals surface area contributed by atoms with E-state index in [9.17, 15) is 0 Å². The fourth-order valence-electron chi connectivity index (χ4n) is 1.82. The van der Waals surface area contributed by atoms with Crippen LogP contribution in [0.25, 0.3) is 22.8 Å². The van der Waals surface area contributed by atoms with Gasteiger partial charge < -0.3 is 51.1 Å². The number of aromatic amines is 2. The standard InChI is InChI=1S/C13H13N5.C2H6O.3NO3.Nd/c1-8-6-12(17-15-8)10-4-3-5-11(14-10)13-7-9(2)16-18-13;1-2-3;3*2-1(3)4;/h3-7H,1-2H3,(H,15,17)(H,16,18);3H,2H2,1H3;;;;/q;;3*-1;+3. The number of aliphatic hydroxyl groups excluding tert-OH is 1. The Morgan fingerprint density at radius 2 is 1.03 bits per heavy atom. The Balaban J connectivity index is -0.000000500. The second-order valence-corrected chi connectivity index (χ2v) is 5.27. The van der Waals surface area contributed by atoms with Gasteiger partial charge in [0, 0.05) is 18.0 Å². The van der Waals surface area contributed by atoms with Gasteiger partial charge in [-0.1, -0.05) is 6.07 Å². The molecule has 0 aliphatic carbocycles. The molecule has 3 aromatic heterocycles. The molecule has 0 bridgehead atoms. The summed E-state index contributed by atoms with van der Waals surface area (Å²) in [4.78, 5) is 29.3. The summed E-state index contributed by atoms with van der Waals surface area (Å²) >= 11 is 0. The number of nitrogens with one attached hydrogen (secondary N) is 2. The van der Waals surface area contributed by atoms with Gasteiger partial charge in [-0.3, -0.25) is 10.2 Å². The third-order valence-electron chi connectivity index (χ3n) is 2.69. The molecule has 3 heterocycles. The average molecular weight is 616 g/mol. The molecule has 18 nitrogen and oxygen atoms in total. The molecule has 19 heteroatoms. The molecule has 0 amide bonds. The van der Waals surface area contributed by atoms with Crippen molar-refractivity contribution < 1.29 is 61.2 Å². The number of hydrogen-bond donors (Lipinski definition) is 3. The average Bonchev–Trinajstić information content (AvgIpc) is 3.30. The van der Waals surface area contributed by atoms with Gasteiger partial charge in [0.05, 0.1) is 26.6 Å². The van der Waals surface area contributed by atoms with Crippen LogP contribution in [-0.4, -0.2) is 52.4 Å². The Labute approximate surface area is 223 Å². The van der Waals surface area contributed by atoms with Crippen molar-refractivity contribution in [3.63, 3.8) is 0 Å². The summed E-state index contributed by atoms with van der Waals surface area (Å²) in [6, 6.07) is 9.80. The Morgan fingerprint density at radius 3 is 1.24 bits per heavy atom. The van der Waals surface area contributed by atoms with Crippen LogP contribution in [0, 0.1) is 101 Å². The number of aliphatic hydroxyl groups is 1. The third kappa shape index (κ3) is 20.4. The molecule has 3 rings (SSSR count). The van der Waals surface area contributed by atoms with Crippen molar-refractivity contribution in [1.82, 2.24) is 25.4 Å². The van der Waals surface area contributed by atoms with E-state index >= 15 is 0 Å². The molecule has 0 spiro atoms. The zero-order valence-corrected chi connectivity index (χ0v) is 21.1. The molecule has 3 N–H and O–H groups in total. The molecule has 1 radical (unpaired) electrons. The van der Waals surface area contributed by atoms with E-state index in [-0.39, 0.29) is 47.4 Å². The number of aromatic nitrogens is 5. The Hall–Kier alpha value is -3.52. The van der Waals surface area contributed by atoms with Crippen molar-refractivity contribution in [2.75, 3.05) is 6.61 Å². The van der Waals surface area contributed by atoms with Gasteiger partial charge in [0.2, 0.25) is 0 Å². The maximum atomic E-state index is 8.25. The number of H-pyrrole nitrogens is 2. The molecule has 0 unspecified atom stereocenters. The molecular weight excluding hydrogens is 596 g/mol. The summed E-state index contributed by atoms with van der Waals surface area (Å²) < 4.78 is 0. The van der Waals surface area contributed by atoms with E-state index in [2.05, 4.69) is 25.4 Å². The number of pyridine rings is 1. The zero-order chi connectivity index (χ0) is 26.0. The van der Waals surface area contributed by atoms with Gasteiger partial charge in [-0.15, -0.1) is 0 Å². The zero-order valence-electron chi connectivity index (χ0n) is 17.9. The van der Waals surface area contributed by atoms with Crippen LogP contribution in [0.3, 0.4) is 0 Å². The van der Waals surface area contributed by atoms with E-state index in [1.165, 1.54) is 0 Å². The first kappa shape index (κ1) is 35.1. The molecule has 0 saturated carbocycles. The largest absolute Gasteiger partial charge is 3.00 e. The van der Waals surface area contributed by atoms with Gasteiger partial charge in [-0.2, -0.15) is 10.2 Å². The van der Waals surface area contributed by atoms with Crippen LogP contribution < -0.4 is 0 Å². The first-order valence-electron chi connectivity index (χ1n) is 8.41. The van der Waals surface area contributed by atoms with Crippen molar-refractivity contribution in [3.8, 4) is 22.8 Å². The number of nitrogens with zero attached hydrogens (tertiary/aromatic N) is 6. The normalized spacial score (nSPS) is 8.35. The van der Waals surface area contributed by atoms with E-state index in [1.54, 1.807) is 6.92 Å². The quantitative estimate of drug-likeness (QED) is 0.274. The van der Waals surface area contributed by atoms with Gasteiger partial charge in [0.1, 0.15) is 11.4 Å². The number of aryl methyl sites for hydroxylation is 2. The molecule has 0 fully saturated rings. The third-order valence-corrected chi connectivity index (χ3v) is 2.69. The summed E-state index contributed by atoms with van der Waals surface area (Å²) in [5.41, 5.74) is 5.43. The maximum absolute atomic E-state index is 8.25. The Bertz CT molecular complexity index is 901. The van der Waals surface area contributed by atoms with Gasteiger partial charge >= 0.3 is 40.8 Å². The van der Waals surface area contributed by atoms with Crippen LogP contribution in [0.15, 0.2) is 30.3 Å². The number of rotatable bonds is 2. The fourth-order valence-corrected chi connectivity index (χ4v) is 1.82. The van der Waals surface area contributed by atoms with Crippen LogP contribution in [0.1, 0.15) is 18.3 Å². The van der Waals surface area contributed by atoms with Crippen molar-refractivity contribution in [1.29, 1.82) is 0 Å². The molecule has 0 aliphatic heterocycles. The van der Waals surface area contributed by atoms with Crippen molar-refractivity contribution in [2.45, 2.75) is 20.8 Å². The van der Waals surface area contributed by atoms with Crippen LogP contribution in [0.4, 0.5) is 0 Å². The Kier molecular flexibility index (Phi) is 20.8. The Morgan fingerprint density at radius 1 is 0.765 bits per heavy atom. The van der Waals surface area contributed by atoms with E-state index in [0.29, 0.717) is 0 Å². The van der Waals surface area contributed by atoms with Crippen LogP contribution in [0.5, 0.6) is 0 Å². The predicted octanol–water partition coefficient (Wildman–Crippen LogP) is 1.76. The smallest absolute Gasteiger partial charge is 0.397 e. The molecule has 0 aromatic carbocycles. The fraction of sp³-hybridized carbons (Fsp3) is 0.267. The van der Waals surface area contributed by atoms with Gasteiger partial charge in [-0.25, -0.2) is 4.98 Å². The maximum Gasteiger partial charge on any atom is 3.00 e. The minimum atomic E-state index is -1.75. The summed E-state index contributed by atoms with van der Waals surface area (Å²) in [6.45, 7) is 5.87. The van der Waals surface area contributed by atoms with Gasteiger partial charge in [0.15, 0.2) is 0 Å². The van der Waals surface area contributed by atoms with Crippen molar-refractivity contribution >= 4 is 0 Å². The van der Waals surface area contributed by atoms with E-state index < -0.39 is 15.3 Å². The van der Waals surface area contributed by atoms with E-state index in [0.717, 1.165) is 34.2 Å². The predicted molar refractivity (Wildman–Crippen MR) is 113 cm³/mol. The molecule has 3 aromatic rings. The topological polar surface area (TPSA) is 289 Å². The number of hydrogen-bond acceptors (Lipinski definition) is 13. The second kappa shape index (κ2) is 20.1. The summed E-state index contributed by atoms with van der Waals surface area (Å²) in [6.07, 6.45) is 0. The van der Waals surface area contributed by atoms with Crippen LogP contribution >= 0.6 is 0 Å². The van der Waals surface area contributed by atoms with Crippen LogP contribution in [0.2, 0.25) is 0 Å².